The maximum atomic E-state index is 11.8. The molecule has 0 aromatic heterocycles. The van der Waals surface area contributed by atoms with Crippen LogP contribution >= 0.6 is 0 Å². The summed E-state index contributed by atoms with van der Waals surface area (Å²) in [4.78, 5) is 15.8. The van der Waals surface area contributed by atoms with Crippen molar-refractivity contribution >= 4 is 11.7 Å². The number of carbonyl (C=O) groups excluding carboxylic acids is 1. The second-order valence-corrected chi connectivity index (χ2v) is 6.04. The number of benzene rings is 1. The Balaban J connectivity index is 1.77. The van der Waals surface area contributed by atoms with Gasteiger partial charge in [0.05, 0.1) is 0 Å². The summed E-state index contributed by atoms with van der Waals surface area (Å²) in [5.41, 5.74) is 2.53. The lowest BCUT2D eigenvalue weighted by Crippen LogP contribution is -2.48. The van der Waals surface area contributed by atoms with E-state index in [1.54, 1.807) is 0 Å². The van der Waals surface area contributed by atoms with Crippen molar-refractivity contribution < 1.29 is 4.79 Å². The molecule has 0 bridgehead atoms. The minimum absolute atomic E-state index is 0.0691. The molecule has 2 N–H and O–H groups in total. The number of nitrogens with one attached hydrogen (secondary N) is 2. The molecule has 5 nitrogen and oxygen atoms in total. The molecule has 1 aliphatic rings. The minimum Gasteiger partial charge on any atom is -0.378 e. The Morgan fingerprint density at radius 2 is 2.05 bits per heavy atom. The number of likely N-dealkylation sites (tertiary alicyclic amines) is 1. The molecule has 1 aliphatic heterocycles. The third-order valence-electron chi connectivity index (χ3n) is 4.13. The van der Waals surface area contributed by atoms with Crippen molar-refractivity contribution in [3.05, 3.63) is 29.8 Å². The predicted molar refractivity (Wildman–Crippen MR) is 91.3 cm³/mol. The van der Waals surface area contributed by atoms with Gasteiger partial charge in [-0.3, -0.25) is 0 Å². The molecule has 0 unspecified atom stereocenters. The normalized spacial score (nSPS) is 15.7. The number of hydrogen-bond donors (Lipinski definition) is 2. The van der Waals surface area contributed by atoms with Gasteiger partial charge < -0.3 is 20.4 Å². The molecular formula is C17H28N4O. The zero-order valence-corrected chi connectivity index (χ0v) is 13.9. The van der Waals surface area contributed by atoms with Crippen molar-refractivity contribution in [3.8, 4) is 0 Å². The van der Waals surface area contributed by atoms with Crippen molar-refractivity contribution in [2.75, 3.05) is 38.6 Å². The van der Waals surface area contributed by atoms with Crippen molar-refractivity contribution in [2.45, 2.75) is 32.4 Å². The first-order valence-electron chi connectivity index (χ1n) is 8.12. The third kappa shape index (κ3) is 4.63. The lowest BCUT2D eigenvalue weighted by molar-refractivity contribution is 0.177. The van der Waals surface area contributed by atoms with Crippen LogP contribution in [-0.2, 0) is 6.54 Å². The fraction of sp³-hybridized carbons (Fsp3) is 0.588. The Kier molecular flexibility index (Phi) is 6.07. The Morgan fingerprint density at radius 1 is 1.32 bits per heavy atom. The topological polar surface area (TPSA) is 47.6 Å². The first-order chi connectivity index (χ1) is 10.6. The van der Waals surface area contributed by atoms with E-state index in [0.29, 0.717) is 12.6 Å². The maximum Gasteiger partial charge on any atom is 0.317 e. The molecule has 0 spiro atoms. The number of nitrogens with zero attached hydrogens (tertiary/aromatic N) is 2. The number of piperidine rings is 1. The van der Waals surface area contributed by atoms with E-state index < -0.39 is 0 Å². The summed E-state index contributed by atoms with van der Waals surface area (Å²) in [6.07, 6.45) is 2.04. The summed E-state index contributed by atoms with van der Waals surface area (Å²) in [5, 5.41) is 6.49. The maximum absolute atomic E-state index is 11.8. The van der Waals surface area contributed by atoms with Crippen molar-refractivity contribution in [3.63, 3.8) is 0 Å². The highest BCUT2D eigenvalue weighted by Gasteiger charge is 2.21. The van der Waals surface area contributed by atoms with Crippen LogP contribution in [0.4, 0.5) is 10.5 Å². The highest BCUT2D eigenvalue weighted by molar-refractivity contribution is 5.74. The van der Waals surface area contributed by atoms with Gasteiger partial charge in [-0.1, -0.05) is 12.1 Å². The molecular weight excluding hydrogens is 276 g/mol. The van der Waals surface area contributed by atoms with Gasteiger partial charge in [-0.25, -0.2) is 4.79 Å². The van der Waals surface area contributed by atoms with Gasteiger partial charge in [-0.05, 0) is 37.5 Å². The van der Waals surface area contributed by atoms with Crippen LogP contribution in [0.15, 0.2) is 24.3 Å². The molecule has 2 rings (SSSR count). The molecule has 1 fully saturated rings. The lowest BCUT2D eigenvalue weighted by atomic mass is 10.0. The zero-order chi connectivity index (χ0) is 15.9. The van der Waals surface area contributed by atoms with E-state index in [1.165, 1.54) is 11.3 Å². The fourth-order valence-corrected chi connectivity index (χ4v) is 2.76. The summed E-state index contributed by atoms with van der Waals surface area (Å²) in [7, 11) is 4.12. The summed E-state index contributed by atoms with van der Waals surface area (Å²) < 4.78 is 0. The number of urea groups is 1. The van der Waals surface area contributed by atoms with E-state index in [-0.39, 0.29) is 6.03 Å². The molecule has 0 saturated carbocycles. The van der Waals surface area contributed by atoms with Gasteiger partial charge in [0, 0.05) is 52.0 Å². The molecule has 0 radical (unpaired) electrons. The van der Waals surface area contributed by atoms with E-state index in [9.17, 15) is 4.79 Å². The van der Waals surface area contributed by atoms with E-state index in [2.05, 4.69) is 53.9 Å². The standard InChI is InChI=1S/C17H28N4O/c1-4-18-17(22)21-10-8-15(9-11-21)19-13-14-6-5-7-16(12-14)20(2)3/h5-7,12,15,19H,4,8-11,13H2,1-3H3,(H,18,22). The van der Waals surface area contributed by atoms with Gasteiger partial charge >= 0.3 is 6.03 Å². The minimum atomic E-state index is 0.0691. The van der Waals surface area contributed by atoms with Crippen LogP contribution in [-0.4, -0.2) is 50.7 Å². The second kappa shape index (κ2) is 8.03. The van der Waals surface area contributed by atoms with E-state index in [4.69, 9.17) is 0 Å². The quantitative estimate of drug-likeness (QED) is 0.875. The van der Waals surface area contributed by atoms with Crippen LogP contribution in [0.3, 0.4) is 0 Å². The van der Waals surface area contributed by atoms with Crippen LogP contribution in [0.25, 0.3) is 0 Å². The fourth-order valence-electron chi connectivity index (χ4n) is 2.76. The summed E-state index contributed by atoms with van der Waals surface area (Å²) in [6, 6.07) is 9.16. The highest BCUT2D eigenvalue weighted by Crippen LogP contribution is 2.15. The third-order valence-corrected chi connectivity index (χ3v) is 4.13. The van der Waals surface area contributed by atoms with Crippen molar-refractivity contribution in [1.29, 1.82) is 0 Å². The number of carbonyl (C=O) groups is 1. The van der Waals surface area contributed by atoms with Crippen LogP contribution < -0.4 is 15.5 Å². The Hall–Kier alpha value is -1.75. The largest absolute Gasteiger partial charge is 0.378 e. The first-order valence-corrected chi connectivity index (χ1v) is 8.12. The molecule has 122 valence electrons. The summed E-state index contributed by atoms with van der Waals surface area (Å²) in [6.45, 7) is 5.20. The highest BCUT2D eigenvalue weighted by atomic mass is 16.2. The van der Waals surface area contributed by atoms with Gasteiger partial charge in [0.2, 0.25) is 0 Å². The van der Waals surface area contributed by atoms with Crippen molar-refractivity contribution in [2.24, 2.45) is 0 Å². The predicted octanol–water partition coefficient (Wildman–Crippen LogP) is 2.04. The lowest BCUT2D eigenvalue weighted by Gasteiger charge is -2.32. The molecule has 0 atom stereocenters. The Labute approximate surface area is 133 Å². The Morgan fingerprint density at radius 3 is 2.68 bits per heavy atom. The zero-order valence-electron chi connectivity index (χ0n) is 13.9. The molecule has 5 heteroatoms. The SMILES string of the molecule is CCNC(=O)N1CCC(NCc2cccc(N(C)C)c2)CC1. The monoisotopic (exact) mass is 304 g/mol. The van der Waals surface area contributed by atoms with Crippen LogP contribution in [0.2, 0.25) is 0 Å². The number of hydrogen-bond acceptors (Lipinski definition) is 3. The van der Waals surface area contributed by atoms with Crippen LogP contribution in [0, 0.1) is 0 Å². The van der Waals surface area contributed by atoms with Gasteiger partial charge in [0.1, 0.15) is 0 Å². The summed E-state index contributed by atoms with van der Waals surface area (Å²) >= 11 is 0. The second-order valence-electron chi connectivity index (χ2n) is 6.04. The molecule has 1 saturated heterocycles. The number of anilines is 1. The molecule has 2 amide bonds. The van der Waals surface area contributed by atoms with Crippen LogP contribution in [0.1, 0.15) is 25.3 Å². The van der Waals surface area contributed by atoms with Gasteiger partial charge in [-0.15, -0.1) is 0 Å². The molecule has 1 aromatic carbocycles. The summed E-state index contributed by atoms with van der Waals surface area (Å²) in [5.74, 6) is 0. The number of rotatable bonds is 5. The van der Waals surface area contributed by atoms with Crippen molar-refractivity contribution in [1.82, 2.24) is 15.5 Å². The average molecular weight is 304 g/mol. The average Bonchev–Trinajstić information content (AvgIpc) is 2.54. The van der Waals surface area contributed by atoms with Gasteiger partial charge in [-0.2, -0.15) is 0 Å². The van der Waals surface area contributed by atoms with E-state index >= 15 is 0 Å². The molecule has 0 aliphatic carbocycles. The molecule has 22 heavy (non-hydrogen) atoms. The van der Waals surface area contributed by atoms with E-state index in [1.807, 2.05) is 11.8 Å². The van der Waals surface area contributed by atoms with Gasteiger partial charge in [0.25, 0.3) is 0 Å². The van der Waals surface area contributed by atoms with Gasteiger partial charge in [0.15, 0.2) is 0 Å². The smallest absolute Gasteiger partial charge is 0.317 e. The van der Waals surface area contributed by atoms with E-state index in [0.717, 1.165) is 32.5 Å². The number of amides is 2. The first kappa shape index (κ1) is 16.6. The van der Waals surface area contributed by atoms with Crippen LogP contribution in [0.5, 0.6) is 0 Å². The molecule has 1 heterocycles. The Bertz CT molecular complexity index is 481. The molecule has 1 aromatic rings.